The van der Waals surface area contributed by atoms with E-state index in [4.69, 9.17) is 17.3 Å². The number of piperazine rings is 1. The van der Waals surface area contributed by atoms with E-state index in [9.17, 15) is 4.79 Å². The molecule has 1 saturated heterocycles. The molecule has 0 spiro atoms. The largest absolute Gasteiger partial charge is 0.347 e. The molecule has 1 aliphatic heterocycles. The first kappa shape index (κ1) is 25.7. The Morgan fingerprint density at radius 3 is 2.32 bits per heavy atom. The van der Waals surface area contributed by atoms with Crippen LogP contribution in [-0.4, -0.2) is 52.9 Å². The smallest absolute Gasteiger partial charge is 0.160 e. The number of hydrogen-bond donors (Lipinski definition) is 1. The molecule has 0 bridgehead atoms. The van der Waals surface area contributed by atoms with E-state index in [-0.39, 0.29) is 5.78 Å². The topological polar surface area (TPSA) is 54.5 Å². The van der Waals surface area contributed by atoms with Crippen molar-refractivity contribution < 1.29 is 4.79 Å². The van der Waals surface area contributed by atoms with Gasteiger partial charge in [-0.25, -0.2) is 0 Å². The number of benzene rings is 3. The summed E-state index contributed by atoms with van der Waals surface area (Å²) in [4.78, 5) is 17.4. The monoisotopic (exact) mass is 514 g/mol. The van der Waals surface area contributed by atoms with Crippen LogP contribution >= 0.6 is 11.6 Å². The second-order valence-corrected chi connectivity index (χ2v) is 10.4. The lowest BCUT2D eigenvalue weighted by Gasteiger charge is -2.35. The third kappa shape index (κ3) is 5.81. The molecule has 0 unspecified atom stereocenters. The van der Waals surface area contributed by atoms with Gasteiger partial charge in [0.25, 0.3) is 0 Å². The molecule has 0 atom stereocenters. The first-order valence-corrected chi connectivity index (χ1v) is 13.5. The maximum Gasteiger partial charge on any atom is 0.160 e. The Morgan fingerprint density at radius 2 is 1.59 bits per heavy atom. The van der Waals surface area contributed by atoms with Gasteiger partial charge in [0.15, 0.2) is 5.78 Å². The van der Waals surface area contributed by atoms with Crippen LogP contribution < -0.4 is 5.73 Å². The zero-order chi connectivity index (χ0) is 25.8. The van der Waals surface area contributed by atoms with Gasteiger partial charge in [0.05, 0.1) is 0 Å². The van der Waals surface area contributed by atoms with Crippen LogP contribution in [0.1, 0.15) is 34.8 Å². The molecule has 0 aliphatic carbocycles. The number of carbonyl (C=O) groups is 1. The fraction of sp³-hybridized carbons (Fsp3) is 0.323. The number of nitrogens with zero attached hydrogens (tertiary/aromatic N) is 3. The van der Waals surface area contributed by atoms with Gasteiger partial charge in [-0.15, -0.1) is 0 Å². The van der Waals surface area contributed by atoms with Crippen molar-refractivity contribution in [3.05, 3.63) is 94.6 Å². The van der Waals surface area contributed by atoms with E-state index < -0.39 is 0 Å². The molecule has 0 amide bonds. The predicted octanol–water partition coefficient (Wildman–Crippen LogP) is 5.83. The van der Waals surface area contributed by atoms with Crippen LogP contribution in [0.4, 0.5) is 0 Å². The molecule has 37 heavy (non-hydrogen) atoms. The van der Waals surface area contributed by atoms with Crippen molar-refractivity contribution in [2.45, 2.75) is 33.0 Å². The number of hydrogen-bond acceptors (Lipinski definition) is 4. The third-order valence-electron chi connectivity index (χ3n) is 7.37. The average Bonchev–Trinajstić information content (AvgIpc) is 3.27. The minimum Gasteiger partial charge on any atom is -0.347 e. The van der Waals surface area contributed by atoms with Gasteiger partial charge in [-0.05, 0) is 54.8 Å². The SMILES string of the molecule is CC(=O)c1ccccc1-c1cn(CCCN)c2ccc(CN3CCN(Cc4ccccc4Cl)CC3)cc12. The normalized spacial score (nSPS) is 14.9. The number of aromatic nitrogens is 1. The molecule has 0 radical (unpaired) electrons. The summed E-state index contributed by atoms with van der Waals surface area (Å²) in [6.45, 7) is 9.08. The zero-order valence-corrected chi connectivity index (χ0v) is 22.3. The van der Waals surface area contributed by atoms with Crippen LogP contribution in [0.3, 0.4) is 0 Å². The van der Waals surface area contributed by atoms with E-state index in [2.05, 4.69) is 57.0 Å². The summed E-state index contributed by atoms with van der Waals surface area (Å²) in [6, 6.07) is 22.8. The fourth-order valence-electron chi connectivity index (χ4n) is 5.36. The molecule has 2 heterocycles. The molecule has 192 valence electrons. The zero-order valence-electron chi connectivity index (χ0n) is 21.5. The number of carbonyl (C=O) groups excluding carboxylic acids is 1. The van der Waals surface area contributed by atoms with Crippen molar-refractivity contribution in [1.82, 2.24) is 14.4 Å². The van der Waals surface area contributed by atoms with E-state index in [1.807, 2.05) is 30.3 Å². The van der Waals surface area contributed by atoms with Gasteiger partial charge in [-0.2, -0.15) is 0 Å². The minimum absolute atomic E-state index is 0.0873. The summed E-state index contributed by atoms with van der Waals surface area (Å²) >= 11 is 6.38. The van der Waals surface area contributed by atoms with Crippen LogP contribution in [-0.2, 0) is 19.6 Å². The molecular formula is C31H35ClN4O. The Labute approximate surface area is 224 Å². The highest BCUT2D eigenvalue weighted by atomic mass is 35.5. The average molecular weight is 515 g/mol. The molecule has 6 heteroatoms. The van der Waals surface area contributed by atoms with Gasteiger partial charge in [-0.1, -0.05) is 60.1 Å². The Bertz CT molecular complexity index is 1390. The third-order valence-corrected chi connectivity index (χ3v) is 7.74. The fourth-order valence-corrected chi connectivity index (χ4v) is 5.56. The highest BCUT2D eigenvalue weighted by Crippen LogP contribution is 2.34. The number of rotatable bonds is 9. The van der Waals surface area contributed by atoms with Crippen LogP contribution in [0, 0.1) is 0 Å². The molecule has 5 rings (SSSR count). The Morgan fingerprint density at radius 1 is 0.892 bits per heavy atom. The summed E-state index contributed by atoms with van der Waals surface area (Å²) in [6.07, 6.45) is 3.11. The lowest BCUT2D eigenvalue weighted by molar-refractivity contribution is 0.101. The minimum atomic E-state index is 0.0873. The Kier molecular flexibility index (Phi) is 8.06. The maximum absolute atomic E-state index is 12.4. The van der Waals surface area contributed by atoms with Gasteiger partial charge in [0, 0.05) is 79.1 Å². The second kappa shape index (κ2) is 11.6. The van der Waals surface area contributed by atoms with Gasteiger partial charge < -0.3 is 10.3 Å². The van der Waals surface area contributed by atoms with Crippen LogP contribution in [0.2, 0.25) is 5.02 Å². The molecule has 1 aromatic heterocycles. The van der Waals surface area contributed by atoms with Crippen LogP contribution in [0.25, 0.3) is 22.0 Å². The number of halogens is 1. The number of nitrogens with two attached hydrogens (primary N) is 1. The van der Waals surface area contributed by atoms with E-state index >= 15 is 0 Å². The second-order valence-electron chi connectivity index (χ2n) is 9.98. The van der Waals surface area contributed by atoms with Crippen molar-refractivity contribution in [2.75, 3.05) is 32.7 Å². The van der Waals surface area contributed by atoms with Crippen molar-refractivity contribution in [3.8, 4) is 11.1 Å². The Hall–Kier alpha value is -2.96. The van der Waals surface area contributed by atoms with Gasteiger partial charge >= 0.3 is 0 Å². The van der Waals surface area contributed by atoms with E-state index in [0.717, 1.165) is 73.9 Å². The summed E-state index contributed by atoms with van der Waals surface area (Å²) in [5.41, 5.74) is 12.4. The highest BCUT2D eigenvalue weighted by Gasteiger charge is 2.19. The standard InChI is InChI=1S/C31H35ClN4O/c1-23(37)26-8-3-4-9-27(26)29-22-36(14-6-13-33)31-12-11-24(19-28(29)31)20-34-15-17-35(18-16-34)21-25-7-2-5-10-30(25)32/h2-5,7-12,19,22H,6,13-18,20-21,33H2,1H3. The molecule has 1 aliphatic rings. The van der Waals surface area contributed by atoms with Crippen molar-refractivity contribution >= 4 is 28.3 Å². The lowest BCUT2D eigenvalue weighted by atomic mass is 9.96. The van der Waals surface area contributed by atoms with Crippen LogP contribution in [0.15, 0.2) is 72.9 Å². The summed E-state index contributed by atoms with van der Waals surface area (Å²) < 4.78 is 2.28. The highest BCUT2D eigenvalue weighted by molar-refractivity contribution is 6.31. The molecule has 5 nitrogen and oxygen atoms in total. The number of Topliss-reactive ketones (excluding diaryl/α,β-unsaturated/α-hetero) is 1. The lowest BCUT2D eigenvalue weighted by Crippen LogP contribution is -2.45. The molecule has 1 fully saturated rings. The van der Waals surface area contributed by atoms with Crippen molar-refractivity contribution in [1.29, 1.82) is 0 Å². The summed E-state index contributed by atoms with van der Waals surface area (Å²) in [5.74, 6) is 0.0873. The van der Waals surface area contributed by atoms with Crippen LogP contribution in [0.5, 0.6) is 0 Å². The molecule has 0 saturated carbocycles. The first-order chi connectivity index (χ1) is 18.0. The molecule has 4 aromatic rings. The van der Waals surface area contributed by atoms with Gasteiger partial charge in [0.2, 0.25) is 0 Å². The maximum atomic E-state index is 12.4. The summed E-state index contributed by atoms with van der Waals surface area (Å²) in [5, 5.41) is 2.04. The van der Waals surface area contributed by atoms with Crippen molar-refractivity contribution in [3.63, 3.8) is 0 Å². The predicted molar refractivity (Wildman–Crippen MR) is 153 cm³/mol. The van der Waals surface area contributed by atoms with Gasteiger partial charge in [0.1, 0.15) is 0 Å². The van der Waals surface area contributed by atoms with E-state index in [1.165, 1.54) is 22.0 Å². The van der Waals surface area contributed by atoms with Gasteiger partial charge in [-0.3, -0.25) is 14.6 Å². The number of fused-ring (bicyclic) bond motifs is 1. The quantitative estimate of drug-likeness (QED) is 0.285. The molecule has 2 N–H and O–H groups in total. The van der Waals surface area contributed by atoms with Crippen molar-refractivity contribution in [2.24, 2.45) is 5.73 Å². The Balaban J connectivity index is 1.36. The molecular weight excluding hydrogens is 480 g/mol. The number of ketones is 1. The first-order valence-electron chi connectivity index (χ1n) is 13.1. The van der Waals surface area contributed by atoms with E-state index in [1.54, 1.807) is 6.92 Å². The molecule has 3 aromatic carbocycles. The number of aryl methyl sites for hydroxylation is 1. The van der Waals surface area contributed by atoms with E-state index in [0.29, 0.717) is 6.54 Å². The summed E-state index contributed by atoms with van der Waals surface area (Å²) in [7, 11) is 0.